The van der Waals surface area contributed by atoms with Gasteiger partial charge in [-0.25, -0.2) is 13.2 Å². The van der Waals surface area contributed by atoms with Gasteiger partial charge in [-0.3, -0.25) is 9.40 Å². The third kappa shape index (κ3) is 6.84. The molecule has 2 N–H and O–H groups in total. The maximum Gasteiger partial charge on any atom is 0.407 e. The molecule has 0 aliphatic rings. The highest BCUT2D eigenvalue weighted by molar-refractivity contribution is 7.92. The third-order valence-corrected chi connectivity index (χ3v) is 6.98. The third-order valence-electron chi connectivity index (χ3n) is 5.60. The highest BCUT2D eigenvalue weighted by atomic mass is 32.2. The number of anilines is 1. The van der Waals surface area contributed by atoms with E-state index in [1.54, 1.807) is 69.0 Å². The van der Waals surface area contributed by atoms with Gasteiger partial charge in [0.1, 0.15) is 27.4 Å². The van der Waals surface area contributed by atoms with Gasteiger partial charge in [-0.05, 0) is 70.0 Å². The van der Waals surface area contributed by atoms with Crippen molar-refractivity contribution in [3.05, 3.63) is 59.4 Å². The molecule has 0 saturated heterocycles. The van der Waals surface area contributed by atoms with Gasteiger partial charge >= 0.3 is 6.09 Å². The van der Waals surface area contributed by atoms with Crippen molar-refractivity contribution >= 4 is 32.9 Å². The Balaban J connectivity index is 1.53. The van der Waals surface area contributed by atoms with Gasteiger partial charge in [0.2, 0.25) is 0 Å². The van der Waals surface area contributed by atoms with E-state index < -0.39 is 21.7 Å². The van der Waals surface area contributed by atoms with Crippen LogP contribution in [0.2, 0.25) is 0 Å². The molecule has 0 unspecified atom stereocenters. The summed E-state index contributed by atoms with van der Waals surface area (Å²) >= 11 is 0. The van der Waals surface area contributed by atoms with Crippen LogP contribution in [0, 0.1) is 6.92 Å². The number of hydrogen-bond acceptors (Lipinski definition) is 9. The zero-order valence-electron chi connectivity index (χ0n) is 23.3. The van der Waals surface area contributed by atoms with Gasteiger partial charge in [-0.2, -0.15) is 5.10 Å². The van der Waals surface area contributed by atoms with Crippen LogP contribution in [0.15, 0.2) is 52.1 Å². The number of aryl methyl sites for hydroxylation is 1. The SMILES string of the molecule is CCOc1cc(C)ccc1S(=O)(=O)Nc1noc2cc(Cn3cc(CNC(=O)OC(C)(C)C)cn3)cc(OC)c12. The number of carbonyl (C=O) groups is 1. The van der Waals surface area contributed by atoms with Crippen molar-refractivity contribution in [2.45, 2.75) is 58.2 Å². The number of amides is 1. The second-order valence-electron chi connectivity index (χ2n) is 10.1. The van der Waals surface area contributed by atoms with E-state index in [9.17, 15) is 13.2 Å². The lowest BCUT2D eigenvalue weighted by atomic mass is 10.1. The van der Waals surface area contributed by atoms with Gasteiger partial charge in [0.05, 0.1) is 26.5 Å². The van der Waals surface area contributed by atoms with Gasteiger partial charge < -0.3 is 24.1 Å². The van der Waals surface area contributed by atoms with Crippen LogP contribution in [-0.2, 0) is 27.8 Å². The Bertz CT molecular complexity index is 1620. The number of hydrogen-bond donors (Lipinski definition) is 2. The molecule has 13 heteroatoms. The van der Waals surface area contributed by atoms with Gasteiger partial charge in [0.15, 0.2) is 11.4 Å². The Labute approximate surface area is 232 Å². The largest absolute Gasteiger partial charge is 0.496 e. The van der Waals surface area contributed by atoms with Crippen molar-refractivity contribution in [2.75, 3.05) is 18.4 Å². The molecule has 0 aliphatic heterocycles. The highest BCUT2D eigenvalue weighted by Gasteiger charge is 2.25. The molecule has 0 radical (unpaired) electrons. The summed E-state index contributed by atoms with van der Waals surface area (Å²) in [6, 6.07) is 8.34. The van der Waals surface area contributed by atoms with Crippen LogP contribution in [0.1, 0.15) is 44.4 Å². The quantitative estimate of drug-likeness (QED) is 0.278. The summed E-state index contributed by atoms with van der Waals surface area (Å²) in [6.07, 6.45) is 2.94. The fourth-order valence-corrected chi connectivity index (χ4v) is 5.09. The first-order valence-electron chi connectivity index (χ1n) is 12.6. The fraction of sp³-hybridized carbons (Fsp3) is 0.370. The van der Waals surface area contributed by atoms with E-state index in [0.29, 0.717) is 29.9 Å². The van der Waals surface area contributed by atoms with Crippen molar-refractivity contribution in [1.82, 2.24) is 20.3 Å². The summed E-state index contributed by atoms with van der Waals surface area (Å²) in [5.74, 6) is 0.618. The van der Waals surface area contributed by atoms with E-state index >= 15 is 0 Å². The Morgan fingerprint density at radius 3 is 2.60 bits per heavy atom. The summed E-state index contributed by atoms with van der Waals surface area (Å²) in [5.41, 5.74) is 2.19. The first-order chi connectivity index (χ1) is 18.9. The lowest BCUT2D eigenvalue weighted by Crippen LogP contribution is -2.32. The number of nitrogens with one attached hydrogen (secondary N) is 2. The second-order valence-corrected chi connectivity index (χ2v) is 11.7. The number of methoxy groups -OCH3 is 1. The second kappa shape index (κ2) is 11.5. The van der Waals surface area contributed by atoms with E-state index in [1.165, 1.54) is 13.2 Å². The summed E-state index contributed by atoms with van der Waals surface area (Å²) in [4.78, 5) is 11.9. The Morgan fingerprint density at radius 1 is 1.12 bits per heavy atom. The highest BCUT2D eigenvalue weighted by Crippen LogP contribution is 2.36. The molecule has 4 aromatic rings. The molecule has 0 bridgehead atoms. The van der Waals surface area contributed by atoms with Crippen molar-refractivity contribution in [1.29, 1.82) is 0 Å². The van der Waals surface area contributed by atoms with Crippen LogP contribution >= 0.6 is 0 Å². The molecular formula is C27H33N5O7S. The lowest BCUT2D eigenvalue weighted by molar-refractivity contribution is 0.0523. The van der Waals surface area contributed by atoms with Crippen LogP contribution in [0.25, 0.3) is 11.0 Å². The van der Waals surface area contributed by atoms with Crippen molar-refractivity contribution in [2.24, 2.45) is 0 Å². The zero-order valence-corrected chi connectivity index (χ0v) is 24.1. The van der Waals surface area contributed by atoms with E-state index in [4.69, 9.17) is 18.7 Å². The number of fused-ring (bicyclic) bond motifs is 1. The number of benzene rings is 2. The fourth-order valence-electron chi connectivity index (χ4n) is 3.96. The van der Waals surface area contributed by atoms with E-state index in [2.05, 4.69) is 20.3 Å². The maximum atomic E-state index is 13.3. The smallest absolute Gasteiger partial charge is 0.407 e. The molecular weight excluding hydrogens is 538 g/mol. The normalized spacial score (nSPS) is 11.8. The van der Waals surface area contributed by atoms with Crippen LogP contribution in [0.5, 0.6) is 11.5 Å². The molecule has 0 aliphatic carbocycles. The first-order valence-corrected chi connectivity index (χ1v) is 14.1. The minimum absolute atomic E-state index is 0.00369. The molecule has 0 atom stereocenters. The van der Waals surface area contributed by atoms with Crippen LogP contribution < -0.4 is 19.5 Å². The van der Waals surface area contributed by atoms with E-state index in [1.807, 2.05) is 6.92 Å². The predicted octanol–water partition coefficient (Wildman–Crippen LogP) is 4.61. The summed E-state index contributed by atoms with van der Waals surface area (Å²) in [6.45, 7) is 9.96. The van der Waals surface area contributed by atoms with E-state index in [0.717, 1.165) is 16.7 Å². The Morgan fingerprint density at radius 2 is 1.90 bits per heavy atom. The van der Waals surface area contributed by atoms with Crippen LogP contribution in [-0.4, -0.2) is 48.8 Å². The summed E-state index contributed by atoms with van der Waals surface area (Å²) in [5, 5.41) is 11.4. The number of alkyl carbamates (subject to hydrolysis) is 1. The molecule has 40 heavy (non-hydrogen) atoms. The maximum absolute atomic E-state index is 13.3. The topological polar surface area (TPSA) is 147 Å². The molecule has 4 rings (SSSR count). The Kier molecular flexibility index (Phi) is 8.24. The zero-order chi connectivity index (χ0) is 29.1. The van der Waals surface area contributed by atoms with Gasteiger partial charge in [-0.1, -0.05) is 11.2 Å². The van der Waals surface area contributed by atoms with Crippen LogP contribution in [0.3, 0.4) is 0 Å². The minimum Gasteiger partial charge on any atom is -0.496 e. The molecule has 2 aromatic heterocycles. The number of carbonyl (C=O) groups excluding carboxylic acids is 1. The van der Waals surface area contributed by atoms with Crippen molar-refractivity contribution < 1.29 is 31.9 Å². The Hall–Kier alpha value is -4.26. The van der Waals surface area contributed by atoms with Gasteiger partial charge in [0, 0.05) is 18.3 Å². The monoisotopic (exact) mass is 571 g/mol. The standard InChI is InChI=1S/C27H33N5O7S/c1-7-37-20-10-17(2)8-9-23(20)40(34,35)31-25-24-21(36-6)11-18(12-22(24)39-30-25)15-32-16-19(14-29-32)13-28-26(33)38-27(3,4)5/h8-12,14,16H,7,13,15H2,1-6H3,(H,28,33)(H,30,31). The molecule has 0 fully saturated rings. The van der Waals surface area contributed by atoms with E-state index in [-0.39, 0.29) is 23.0 Å². The molecule has 0 spiro atoms. The van der Waals surface area contributed by atoms with Crippen LogP contribution in [0.4, 0.5) is 10.6 Å². The predicted molar refractivity (Wildman–Crippen MR) is 148 cm³/mol. The van der Waals surface area contributed by atoms with Gasteiger partial charge in [0.25, 0.3) is 10.0 Å². The number of ether oxygens (including phenoxy) is 3. The number of sulfonamides is 1. The first kappa shape index (κ1) is 28.7. The number of aromatic nitrogens is 3. The lowest BCUT2D eigenvalue weighted by Gasteiger charge is -2.19. The molecule has 1 amide bonds. The molecule has 214 valence electrons. The van der Waals surface area contributed by atoms with Crippen molar-refractivity contribution in [3.8, 4) is 11.5 Å². The average Bonchev–Trinajstić information content (AvgIpc) is 3.48. The minimum atomic E-state index is -4.05. The van der Waals surface area contributed by atoms with Gasteiger partial charge in [-0.15, -0.1) is 0 Å². The molecule has 12 nitrogen and oxygen atoms in total. The number of rotatable bonds is 10. The average molecular weight is 572 g/mol. The summed E-state index contributed by atoms with van der Waals surface area (Å²) in [7, 11) is -2.58. The molecule has 2 heterocycles. The molecule has 0 saturated carbocycles. The summed E-state index contributed by atoms with van der Waals surface area (Å²) < 4.78 is 52.6. The molecule has 2 aromatic carbocycles. The number of nitrogens with zero attached hydrogens (tertiary/aromatic N) is 3. The van der Waals surface area contributed by atoms with Crippen molar-refractivity contribution in [3.63, 3.8) is 0 Å².